The molecule has 216 valence electrons. The summed E-state index contributed by atoms with van der Waals surface area (Å²) in [5.74, 6) is 1.91. The third kappa shape index (κ3) is 3.61. The molecule has 2 aliphatic carbocycles. The molecule has 0 aromatic heterocycles. The molecular formula is C44H34O. The highest BCUT2D eigenvalue weighted by atomic mass is 16.5. The van der Waals surface area contributed by atoms with Gasteiger partial charge < -0.3 is 4.74 Å². The molecule has 3 aliphatic rings. The molecule has 1 heteroatoms. The molecule has 0 saturated carbocycles. The minimum atomic E-state index is -0.391. The maximum atomic E-state index is 6.75. The third-order valence-corrected chi connectivity index (χ3v) is 10.5. The van der Waals surface area contributed by atoms with Crippen molar-refractivity contribution in [1.82, 2.24) is 0 Å². The summed E-state index contributed by atoms with van der Waals surface area (Å²) >= 11 is 0. The molecule has 45 heavy (non-hydrogen) atoms. The minimum absolute atomic E-state index is 0.164. The van der Waals surface area contributed by atoms with Crippen LogP contribution in [-0.4, -0.2) is 0 Å². The fourth-order valence-electron chi connectivity index (χ4n) is 8.45. The Balaban J connectivity index is 1.32. The summed E-state index contributed by atoms with van der Waals surface area (Å²) < 4.78 is 6.75. The van der Waals surface area contributed by atoms with Gasteiger partial charge in [-0.25, -0.2) is 0 Å². The molecule has 1 unspecified atom stereocenters. The van der Waals surface area contributed by atoms with Crippen LogP contribution in [0, 0.1) is 0 Å². The second kappa shape index (κ2) is 9.68. The molecule has 1 heterocycles. The normalized spacial score (nSPS) is 19.0. The number of hydrogen-bond donors (Lipinski definition) is 0. The molecule has 1 aliphatic heterocycles. The molecule has 0 fully saturated rings. The Bertz CT molecular complexity index is 2210. The Morgan fingerprint density at radius 1 is 0.622 bits per heavy atom. The number of hydrogen-bond acceptors (Lipinski definition) is 1. The van der Waals surface area contributed by atoms with E-state index in [1.807, 2.05) is 0 Å². The van der Waals surface area contributed by atoms with Gasteiger partial charge in [-0.1, -0.05) is 147 Å². The van der Waals surface area contributed by atoms with E-state index in [0.29, 0.717) is 0 Å². The van der Waals surface area contributed by atoms with E-state index in [2.05, 4.69) is 159 Å². The van der Waals surface area contributed by atoms with Crippen LogP contribution in [0.25, 0.3) is 27.5 Å². The Labute approximate surface area is 265 Å². The van der Waals surface area contributed by atoms with Gasteiger partial charge in [0, 0.05) is 22.1 Å². The summed E-state index contributed by atoms with van der Waals surface area (Å²) in [5.41, 5.74) is 12.5. The largest absolute Gasteiger partial charge is 0.456 e. The van der Waals surface area contributed by atoms with Gasteiger partial charge in [0.2, 0.25) is 0 Å². The van der Waals surface area contributed by atoms with Crippen LogP contribution in [0.5, 0.6) is 11.5 Å². The van der Waals surface area contributed by atoms with E-state index in [0.717, 1.165) is 29.9 Å². The molecule has 1 atom stereocenters. The maximum Gasteiger partial charge on any atom is 0.139 e. The number of allylic oxidation sites excluding steroid dienone is 4. The van der Waals surface area contributed by atoms with Crippen LogP contribution < -0.4 is 4.74 Å². The lowest BCUT2D eigenvalue weighted by Crippen LogP contribution is -2.30. The van der Waals surface area contributed by atoms with Gasteiger partial charge in [-0.3, -0.25) is 0 Å². The Morgan fingerprint density at radius 2 is 1.38 bits per heavy atom. The van der Waals surface area contributed by atoms with E-state index in [4.69, 9.17) is 4.74 Å². The highest BCUT2D eigenvalue weighted by Gasteiger charge is 2.48. The van der Waals surface area contributed by atoms with Gasteiger partial charge in [-0.05, 0) is 74.7 Å². The van der Waals surface area contributed by atoms with Gasteiger partial charge in [0.15, 0.2) is 0 Å². The van der Waals surface area contributed by atoms with E-state index in [1.165, 1.54) is 60.9 Å². The Kier molecular flexibility index (Phi) is 5.65. The SMILES string of the molecule is CC1(C)c2ccccc2Oc2c(-c3cccc(C4(c5ccccc5)C5=C(C=CCC5)c5c4ccc4ccccc54)c3)cccc21. The molecule has 0 radical (unpaired) electrons. The lowest BCUT2D eigenvalue weighted by Gasteiger charge is -2.37. The Hall–Kier alpha value is -5.14. The predicted octanol–water partition coefficient (Wildman–Crippen LogP) is 11.4. The van der Waals surface area contributed by atoms with E-state index >= 15 is 0 Å². The molecule has 0 N–H and O–H groups in total. The van der Waals surface area contributed by atoms with Crippen LogP contribution in [0.1, 0.15) is 60.1 Å². The summed E-state index contributed by atoms with van der Waals surface area (Å²) in [4.78, 5) is 0. The maximum absolute atomic E-state index is 6.75. The van der Waals surface area contributed by atoms with Crippen molar-refractivity contribution >= 4 is 16.3 Å². The van der Waals surface area contributed by atoms with E-state index in [-0.39, 0.29) is 5.41 Å². The van der Waals surface area contributed by atoms with Crippen LogP contribution >= 0.6 is 0 Å². The van der Waals surface area contributed by atoms with Crippen molar-refractivity contribution in [2.75, 3.05) is 0 Å². The summed E-state index contributed by atoms with van der Waals surface area (Å²) in [7, 11) is 0. The predicted molar refractivity (Wildman–Crippen MR) is 186 cm³/mol. The lowest BCUT2D eigenvalue weighted by atomic mass is 9.65. The first kappa shape index (κ1) is 26.3. The van der Waals surface area contributed by atoms with E-state index < -0.39 is 5.41 Å². The zero-order valence-electron chi connectivity index (χ0n) is 25.7. The second-order valence-electron chi connectivity index (χ2n) is 13.1. The molecule has 0 amide bonds. The standard InChI is InChI=1S/C44H34O/c1-43(2)37-23-10-11-25-40(37)45-42-34(21-13-24-39(42)43)30-15-12-18-32(28-30)44(31-16-4-3-5-17-31)36-22-9-8-20-35(36)41-33-19-7-6-14-29(33)26-27-38(41)44/h3-8,10-21,23-28H,9,22H2,1-2H3. The zero-order chi connectivity index (χ0) is 30.2. The molecule has 0 bridgehead atoms. The summed E-state index contributed by atoms with van der Waals surface area (Å²) in [5, 5.41) is 2.62. The molecule has 9 rings (SSSR count). The monoisotopic (exact) mass is 578 g/mol. The van der Waals surface area contributed by atoms with Gasteiger partial charge >= 0.3 is 0 Å². The molecule has 6 aromatic carbocycles. The molecular weight excluding hydrogens is 544 g/mol. The van der Waals surface area contributed by atoms with Crippen molar-refractivity contribution in [3.63, 3.8) is 0 Å². The van der Waals surface area contributed by atoms with E-state index in [9.17, 15) is 0 Å². The van der Waals surface area contributed by atoms with Crippen LogP contribution in [0.4, 0.5) is 0 Å². The number of fused-ring (bicyclic) bond motifs is 6. The Morgan fingerprint density at radius 3 is 2.29 bits per heavy atom. The van der Waals surface area contributed by atoms with Crippen LogP contribution in [0.3, 0.4) is 0 Å². The molecule has 0 saturated heterocycles. The van der Waals surface area contributed by atoms with Crippen molar-refractivity contribution in [3.8, 4) is 22.6 Å². The van der Waals surface area contributed by atoms with Crippen LogP contribution in [0.15, 0.2) is 151 Å². The van der Waals surface area contributed by atoms with Crippen molar-refractivity contribution in [2.45, 2.75) is 37.5 Å². The van der Waals surface area contributed by atoms with Crippen molar-refractivity contribution in [2.24, 2.45) is 0 Å². The van der Waals surface area contributed by atoms with E-state index in [1.54, 1.807) is 0 Å². The second-order valence-corrected chi connectivity index (χ2v) is 13.1. The van der Waals surface area contributed by atoms with Gasteiger partial charge in [-0.2, -0.15) is 0 Å². The third-order valence-electron chi connectivity index (χ3n) is 10.5. The quantitative estimate of drug-likeness (QED) is 0.203. The van der Waals surface area contributed by atoms with Crippen LogP contribution in [0.2, 0.25) is 0 Å². The number of para-hydroxylation sites is 2. The summed E-state index contributed by atoms with van der Waals surface area (Å²) in [6, 6.07) is 49.1. The van der Waals surface area contributed by atoms with Gasteiger partial charge in [0.1, 0.15) is 11.5 Å². The van der Waals surface area contributed by atoms with Crippen molar-refractivity contribution < 1.29 is 4.74 Å². The summed E-state index contributed by atoms with van der Waals surface area (Å²) in [6.45, 7) is 4.62. The zero-order valence-corrected chi connectivity index (χ0v) is 25.7. The average Bonchev–Trinajstić information content (AvgIpc) is 3.40. The number of ether oxygens (including phenoxy) is 1. The van der Waals surface area contributed by atoms with Gasteiger partial charge in [0.25, 0.3) is 0 Å². The average molecular weight is 579 g/mol. The van der Waals surface area contributed by atoms with Crippen molar-refractivity contribution in [1.29, 1.82) is 0 Å². The highest BCUT2D eigenvalue weighted by molar-refractivity contribution is 6.03. The van der Waals surface area contributed by atoms with Gasteiger partial charge in [-0.15, -0.1) is 0 Å². The smallest absolute Gasteiger partial charge is 0.139 e. The molecule has 0 spiro atoms. The number of benzene rings is 6. The number of rotatable bonds is 3. The summed E-state index contributed by atoms with van der Waals surface area (Å²) in [6.07, 6.45) is 6.82. The van der Waals surface area contributed by atoms with Crippen molar-refractivity contribution in [3.05, 3.63) is 185 Å². The fraction of sp³-hybridized carbons (Fsp3) is 0.136. The first-order chi connectivity index (χ1) is 22.1. The van der Waals surface area contributed by atoms with Gasteiger partial charge in [0.05, 0.1) is 5.41 Å². The minimum Gasteiger partial charge on any atom is -0.456 e. The first-order valence-electron chi connectivity index (χ1n) is 16.1. The molecule has 1 nitrogen and oxygen atoms in total. The van der Waals surface area contributed by atoms with Crippen LogP contribution in [-0.2, 0) is 10.8 Å². The highest BCUT2D eigenvalue weighted by Crippen LogP contribution is 2.59. The first-order valence-corrected chi connectivity index (χ1v) is 16.1. The fourth-order valence-corrected chi connectivity index (χ4v) is 8.45. The lowest BCUT2D eigenvalue weighted by molar-refractivity contribution is 0.419. The topological polar surface area (TPSA) is 9.23 Å². The molecule has 6 aromatic rings.